The molecule has 2 heterocycles. The van der Waals surface area contributed by atoms with Crippen molar-refractivity contribution in [1.29, 1.82) is 0 Å². The standard InChI is InChI=1S/C16H15F3N2O3S2/c17-16(18,19)12-1-4-14(5-2-12)26(23,24)21-9-7-20(8-10-21)15-6-3-13(11-22)25-15/h1-6,11H,7-10H2. The number of sulfonamides is 1. The van der Waals surface area contributed by atoms with Crippen LogP contribution >= 0.6 is 11.3 Å². The Hall–Kier alpha value is -1.91. The highest BCUT2D eigenvalue weighted by Gasteiger charge is 2.32. The lowest BCUT2D eigenvalue weighted by Crippen LogP contribution is -2.48. The fourth-order valence-electron chi connectivity index (χ4n) is 2.69. The summed E-state index contributed by atoms with van der Waals surface area (Å²) in [6, 6.07) is 7.04. The van der Waals surface area contributed by atoms with E-state index in [4.69, 9.17) is 0 Å². The molecule has 26 heavy (non-hydrogen) atoms. The van der Waals surface area contributed by atoms with Gasteiger partial charge in [0.1, 0.15) is 0 Å². The van der Waals surface area contributed by atoms with Gasteiger partial charge in [0, 0.05) is 26.2 Å². The van der Waals surface area contributed by atoms with E-state index in [1.54, 1.807) is 6.07 Å². The molecule has 0 spiro atoms. The van der Waals surface area contributed by atoms with Crippen LogP contribution < -0.4 is 4.90 Å². The first-order chi connectivity index (χ1) is 12.2. The number of hydrogen-bond donors (Lipinski definition) is 0. The molecule has 1 fully saturated rings. The quantitative estimate of drug-likeness (QED) is 0.735. The highest BCUT2D eigenvalue weighted by atomic mass is 32.2. The van der Waals surface area contributed by atoms with Gasteiger partial charge in [-0.05, 0) is 36.4 Å². The van der Waals surface area contributed by atoms with Crippen LogP contribution in [0.2, 0.25) is 0 Å². The average molecular weight is 404 g/mol. The van der Waals surface area contributed by atoms with Gasteiger partial charge in [-0.3, -0.25) is 4.79 Å². The van der Waals surface area contributed by atoms with Crippen LogP contribution in [0.1, 0.15) is 15.2 Å². The smallest absolute Gasteiger partial charge is 0.361 e. The summed E-state index contributed by atoms with van der Waals surface area (Å²) in [4.78, 5) is 13.2. The van der Waals surface area contributed by atoms with Crippen molar-refractivity contribution in [2.45, 2.75) is 11.1 Å². The van der Waals surface area contributed by atoms with Crippen LogP contribution in [-0.2, 0) is 16.2 Å². The Labute approximate surface area is 152 Å². The van der Waals surface area contributed by atoms with Crippen LogP contribution in [0.3, 0.4) is 0 Å². The number of alkyl halides is 3. The minimum absolute atomic E-state index is 0.154. The number of anilines is 1. The topological polar surface area (TPSA) is 57.7 Å². The van der Waals surface area contributed by atoms with Gasteiger partial charge in [-0.25, -0.2) is 8.42 Å². The highest BCUT2D eigenvalue weighted by Crippen LogP contribution is 2.31. The minimum Gasteiger partial charge on any atom is -0.361 e. The summed E-state index contributed by atoms with van der Waals surface area (Å²) < 4.78 is 64.4. The number of benzene rings is 1. The fraction of sp³-hybridized carbons (Fsp3) is 0.312. The average Bonchev–Trinajstić information content (AvgIpc) is 3.10. The Morgan fingerprint density at radius 3 is 2.08 bits per heavy atom. The summed E-state index contributed by atoms with van der Waals surface area (Å²) in [6.07, 6.45) is -3.74. The molecule has 3 rings (SSSR count). The van der Waals surface area contributed by atoms with Crippen molar-refractivity contribution in [2.24, 2.45) is 0 Å². The lowest BCUT2D eigenvalue weighted by molar-refractivity contribution is -0.137. The van der Waals surface area contributed by atoms with E-state index >= 15 is 0 Å². The summed E-state index contributed by atoms with van der Waals surface area (Å²) in [5.41, 5.74) is -0.884. The molecule has 0 atom stereocenters. The maximum Gasteiger partial charge on any atom is 0.416 e. The van der Waals surface area contributed by atoms with Gasteiger partial charge in [-0.1, -0.05) is 0 Å². The molecular formula is C16H15F3N2O3S2. The number of hydrogen-bond acceptors (Lipinski definition) is 5. The van der Waals surface area contributed by atoms with E-state index < -0.39 is 21.8 Å². The first-order valence-corrected chi connectivity index (χ1v) is 9.95. The van der Waals surface area contributed by atoms with Gasteiger partial charge in [0.25, 0.3) is 0 Å². The van der Waals surface area contributed by atoms with Crippen molar-refractivity contribution in [2.75, 3.05) is 31.1 Å². The van der Waals surface area contributed by atoms with Crippen molar-refractivity contribution in [3.05, 3.63) is 46.8 Å². The number of nitrogens with zero attached hydrogens (tertiary/aromatic N) is 2. The molecule has 0 radical (unpaired) electrons. The molecule has 140 valence electrons. The molecule has 0 bridgehead atoms. The van der Waals surface area contributed by atoms with E-state index in [1.807, 2.05) is 11.0 Å². The van der Waals surface area contributed by atoms with Gasteiger partial charge in [0.2, 0.25) is 10.0 Å². The molecule has 0 N–H and O–H groups in total. The summed E-state index contributed by atoms with van der Waals surface area (Å²) in [7, 11) is -3.84. The number of rotatable bonds is 4. The Kier molecular flexibility index (Phi) is 5.09. The molecule has 1 aliphatic heterocycles. The van der Waals surface area contributed by atoms with Gasteiger partial charge in [-0.2, -0.15) is 17.5 Å². The van der Waals surface area contributed by atoms with E-state index in [1.165, 1.54) is 15.6 Å². The summed E-state index contributed by atoms with van der Waals surface area (Å²) in [5.74, 6) is 0. The maximum absolute atomic E-state index is 12.6. The van der Waals surface area contributed by atoms with E-state index in [0.717, 1.165) is 35.6 Å². The van der Waals surface area contributed by atoms with E-state index in [-0.39, 0.29) is 18.0 Å². The number of halogens is 3. The number of aldehydes is 1. The summed E-state index contributed by atoms with van der Waals surface area (Å²) in [6.45, 7) is 1.33. The van der Waals surface area contributed by atoms with Gasteiger partial charge in [0.05, 0.1) is 20.3 Å². The van der Waals surface area contributed by atoms with Crippen molar-refractivity contribution >= 4 is 32.6 Å². The molecule has 1 aliphatic rings. The Balaban J connectivity index is 1.70. The zero-order chi connectivity index (χ0) is 18.9. The largest absolute Gasteiger partial charge is 0.416 e. The predicted molar refractivity (Wildman–Crippen MR) is 92.1 cm³/mol. The van der Waals surface area contributed by atoms with Crippen molar-refractivity contribution in [3.63, 3.8) is 0 Å². The number of piperazine rings is 1. The molecule has 5 nitrogen and oxygen atoms in total. The number of carbonyl (C=O) groups is 1. The summed E-state index contributed by atoms with van der Waals surface area (Å²) >= 11 is 1.33. The molecule has 1 saturated heterocycles. The van der Waals surface area contributed by atoms with Crippen molar-refractivity contribution in [1.82, 2.24) is 4.31 Å². The third-order valence-corrected chi connectivity index (χ3v) is 7.08. The monoisotopic (exact) mass is 404 g/mol. The predicted octanol–water partition coefficient (Wildman–Crippen LogP) is 3.09. The van der Waals surface area contributed by atoms with Crippen LogP contribution in [0.5, 0.6) is 0 Å². The molecule has 1 aromatic heterocycles. The van der Waals surface area contributed by atoms with Gasteiger partial charge >= 0.3 is 6.18 Å². The second-order valence-electron chi connectivity index (χ2n) is 5.71. The molecular weight excluding hydrogens is 389 g/mol. The minimum atomic E-state index is -4.50. The van der Waals surface area contributed by atoms with Gasteiger partial charge < -0.3 is 4.90 Å². The van der Waals surface area contributed by atoms with Crippen LogP contribution in [0.15, 0.2) is 41.3 Å². The lowest BCUT2D eigenvalue weighted by Gasteiger charge is -2.34. The number of carbonyl (C=O) groups excluding carboxylic acids is 1. The van der Waals surface area contributed by atoms with Crippen molar-refractivity contribution < 1.29 is 26.4 Å². The first-order valence-electron chi connectivity index (χ1n) is 7.69. The fourth-order valence-corrected chi connectivity index (χ4v) is 4.98. The zero-order valence-electron chi connectivity index (χ0n) is 13.4. The molecule has 0 amide bonds. The maximum atomic E-state index is 12.6. The van der Waals surface area contributed by atoms with Crippen molar-refractivity contribution in [3.8, 4) is 0 Å². The van der Waals surface area contributed by atoms with E-state index in [0.29, 0.717) is 18.0 Å². The second-order valence-corrected chi connectivity index (χ2v) is 8.74. The zero-order valence-corrected chi connectivity index (χ0v) is 15.1. The second kappa shape index (κ2) is 7.01. The Morgan fingerprint density at radius 2 is 1.58 bits per heavy atom. The van der Waals surface area contributed by atoms with E-state index in [9.17, 15) is 26.4 Å². The molecule has 0 saturated carbocycles. The Bertz CT molecular complexity index is 884. The SMILES string of the molecule is O=Cc1ccc(N2CCN(S(=O)(=O)c3ccc(C(F)(F)F)cc3)CC2)s1. The van der Waals surface area contributed by atoms with Crippen LogP contribution in [0, 0.1) is 0 Å². The number of thiophene rings is 1. The first kappa shape index (κ1) is 18.9. The normalized spacial score (nSPS) is 16.7. The third-order valence-electron chi connectivity index (χ3n) is 4.10. The van der Waals surface area contributed by atoms with Crippen LogP contribution in [0.4, 0.5) is 18.2 Å². The van der Waals surface area contributed by atoms with Crippen LogP contribution in [-0.4, -0.2) is 45.2 Å². The lowest BCUT2D eigenvalue weighted by atomic mass is 10.2. The van der Waals surface area contributed by atoms with E-state index in [2.05, 4.69) is 0 Å². The highest BCUT2D eigenvalue weighted by molar-refractivity contribution is 7.89. The third kappa shape index (κ3) is 3.76. The van der Waals surface area contributed by atoms with Gasteiger partial charge in [0.15, 0.2) is 6.29 Å². The molecule has 1 aromatic carbocycles. The Morgan fingerprint density at radius 1 is 0.962 bits per heavy atom. The molecule has 0 aliphatic carbocycles. The van der Waals surface area contributed by atoms with Crippen LogP contribution in [0.25, 0.3) is 0 Å². The molecule has 10 heteroatoms. The molecule has 0 unspecified atom stereocenters. The van der Waals surface area contributed by atoms with Gasteiger partial charge in [-0.15, -0.1) is 11.3 Å². The molecule has 2 aromatic rings. The summed E-state index contributed by atoms with van der Waals surface area (Å²) in [5, 5.41) is 0.888.